The Kier molecular flexibility index (Phi) is 32.7. The highest BCUT2D eigenvalue weighted by Crippen LogP contribution is 2.44. The molecule has 1 aliphatic rings. The Hall–Kier alpha value is -1.70. The van der Waals surface area contributed by atoms with Gasteiger partial charge in [0.05, 0.1) is 32.0 Å². The molecule has 4 unspecified atom stereocenters. The molecule has 1 aliphatic heterocycles. The van der Waals surface area contributed by atoms with Crippen molar-refractivity contribution in [3.05, 3.63) is 36.5 Å². The van der Waals surface area contributed by atoms with E-state index in [-0.39, 0.29) is 12.8 Å². The first kappa shape index (κ1) is 55.3. The van der Waals surface area contributed by atoms with Gasteiger partial charge in [0.15, 0.2) is 6.10 Å². The number of allylic oxidation sites excluding steroid dienone is 4. The van der Waals surface area contributed by atoms with Crippen molar-refractivity contribution < 1.29 is 66.3 Å². The standard InChI is InChI=1S/C43H78O14P2/c1-4-6-7-8-19-24-29-40-41(57-40)30-25-20-15-13-17-21-26-31-42(45)52-35-39(36-55-59(50,51)54-34-38(44)33-53-58(47,48)49)56-43(46)32-27-22-16-12-10-9-11-14-18-23-28-37(3)5-2/h13,17,19-20,24-25,37-41,44H,4-12,14-16,18,21-23,26-36H2,1-3H3,(H,50,51)(H2,47,48,49)/b17-13-,24-19-,25-20-/t37?,38-,39+,40?,41?/m0/s1. The highest BCUT2D eigenvalue weighted by molar-refractivity contribution is 7.47. The van der Waals surface area contributed by atoms with Crippen LogP contribution in [-0.2, 0) is 46.5 Å². The van der Waals surface area contributed by atoms with Gasteiger partial charge >= 0.3 is 27.6 Å². The molecule has 1 fully saturated rings. The number of esters is 2. The van der Waals surface area contributed by atoms with Crippen LogP contribution in [0, 0.1) is 5.92 Å². The van der Waals surface area contributed by atoms with E-state index in [0.717, 1.165) is 50.9 Å². The van der Waals surface area contributed by atoms with Crippen LogP contribution in [0.15, 0.2) is 36.5 Å². The summed E-state index contributed by atoms with van der Waals surface area (Å²) < 4.78 is 53.5. The number of carbonyl (C=O) groups is 2. The fourth-order valence-electron chi connectivity index (χ4n) is 6.06. The first-order valence-electron chi connectivity index (χ1n) is 22.2. The van der Waals surface area contributed by atoms with E-state index in [9.17, 15) is 28.7 Å². The highest BCUT2D eigenvalue weighted by atomic mass is 31.2. The zero-order valence-corrected chi connectivity index (χ0v) is 38.0. The first-order valence-corrected chi connectivity index (χ1v) is 25.2. The zero-order chi connectivity index (χ0) is 43.6. The monoisotopic (exact) mass is 880 g/mol. The van der Waals surface area contributed by atoms with Crippen molar-refractivity contribution in [2.45, 2.75) is 193 Å². The minimum Gasteiger partial charge on any atom is -0.462 e. The normalized spacial score (nSPS) is 18.4. The molecular weight excluding hydrogens is 802 g/mol. The number of unbranched alkanes of at least 4 members (excludes halogenated alkanes) is 13. The molecule has 0 aromatic heterocycles. The summed E-state index contributed by atoms with van der Waals surface area (Å²) in [5, 5.41) is 9.75. The van der Waals surface area contributed by atoms with Crippen LogP contribution in [0.4, 0.5) is 0 Å². The van der Waals surface area contributed by atoms with Crippen LogP contribution >= 0.6 is 15.6 Å². The average Bonchev–Trinajstić information content (AvgIpc) is 3.95. The molecule has 0 amide bonds. The largest absolute Gasteiger partial charge is 0.472 e. The van der Waals surface area contributed by atoms with Gasteiger partial charge in [-0.1, -0.05) is 141 Å². The Balaban J connectivity index is 2.39. The Labute approximate surface area is 354 Å². The molecule has 1 heterocycles. The molecule has 0 aliphatic carbocycles. The minimum atomic E-state index is -4.87. The molecule has 344 valence electrons. The average molecular weight is 881 g/mol. The number of hydrogen-bond donors (Lipinski definition) is 4. The first-order chi connectivity index (χ1) is 28.2. The number of hydrogen-bond acceptors (Lipinski definition) is 11. The molecule has 1 saturated heterocycles. The lowest BCUT2D eigenvalue weighted by molar-refractivity contribution is -0.161. The van der Waals surface area contributed by atoms with Crippen molar-refractivity contribution in [3.63, 3.8) is 0 Å². The van der Waals surface area contributed by atoms with Crippen molar-refractivity contribution in [1.29, 1.82) is 0 Å². The third-order valence-corrected chi connectivity index (χ3v) is 11.4. The van der Waals surface area contributed by atoms with E-state index in [2.05, 4.69) is 54.1 Å². The van der Waals surface area contributed by atoms with Crippen LogP contribution in [0.3, 0.4) is 0 Å². The molecule has 14 nitrogen and oxygen atoms in total. The number of ether oxygens (including phenoxy) is 3. The maximum Gasteiger partial charge on any atom is 0.472 e. The molecule has 0 spiro atoms. The number of rotatable bonds is 40. The Morgan fingerprint density at radius 3 is 1.83 bits per heavy atom. The van der Waals surface area contributed by atoms with Gasteiger partial charge in [0, 0.05) is 12.8 Å². The number of phosphoric ester groups is 2. The van der Waals surface area contributed by atoms with E-state index in [4.69, 9.17) is 28.5 Å². The van der Waals surface area contributed by atoms with E-state index in [0.29, 0.717) is 31.5 Å². The van der Waals surface area contributed by atoms with Crippen molar-refractivity contribution in [1.82, 2.24) is 0 Å². The fourth-order valence-corrected chi connectivity index (χ4v) is 7.22. The van der Waals surface area contributed by atoms with Gasteiger partial charge in [0.25, 0.3) is 0 Å². The number of epoxide rings is 1. The molecule has 0 bridgehead atoms. The van der Waals surface area contributed by atoms with Gasteiger partial charge in [-0.25, -0.2) is 9.13 Å². The second-order valence-corrected chi connectivity index (χ2v) is 18.3. The van der Waals surface area contributed by atoms with Gasteiger partial charge in [0.1, 0.15) is 12.7 Å². The molecule has 0 saturated carbocycles. The van der Waals surface area contributed by atoms with Gasteiger partial charge in [-0.05, 0) is 57.3 Å². The molecular formula is C43H78O14P2. The quantitative estimate of drug-likeness (QED) is 0.0149. The summed E-state index contributed by atoms with van der Waals surface area (Å²) in [5.41, 5.74) is 0. The van der Waals surface area contributed by atoms with Crippen LogP contribution < -0.4 is 0 Å². The maximum absolute atomic E-state index is 12.7. The van der Waals surface area contributed by atoms with Gasteiger partial charge in [0.2, 0.25) is 0 Å². The van der Waals surface area contributed by atoms with Crippen LogP contribution in [0.2, 0.25) is 0 Å². The van der Waals surface area contributed by atoms with E-state index >= 15 is 0 Å². The van der Waals surface area contributed by atoms with Crippen LogP contribution in [-0.4, -0.2) is 82.6 Å². The van der Waals surface area contributed by atoms with Gasteiger partial charge in [-0.2, -0.15) is 0 Å². The summed E-state index contributed by atoms with van der Waals surface area (Å²) in [4.78, 5) is 52.7. The number of carbonyl (C=O) groups excluding carboxylic acids is 2. The summed E-state index contributed by atoms with van der Waals surface area (Å²) in [7, 11) is -9.69. The van der Waals surface area contributed by atoms with E-state index in [1.807, 2.05) is 12.2 Å². The fraction of sp³-hybridized carbons (Fsp3) is 0.814. The SMILES string of the molecule is CCCCC/C=C\CC1OC1C/C=C\C/C=C\CCCC(=O)OC[C@H](COP(=O)(O)OC[C@@H](O)COP(=O)(O)O)OC(=O)CCCCCCCCCCCCC(C)CC. The second-order valence-electron chi connectivity index (χ2n) is 15.6. The second kappa shape index (κ2) is 34.8. The molecule has 1 rings (SSSR count). The molecule has 16 heteroatoms. The predicted octanol–water partition coefficient (Wildman–Crippen LogP) is 10.1. The molecule has 0 radical (unpaired) electrons. The van der Waals surface area contributed by atoms with Crippen LogP contribution in [0.25, 0.3) is 0 Å². The number of aliphatic hydroxyl groups excluding tert-OH is 1. The highest BCUT2D eigenvalue weighted by Gasteiger charge is 2.36. The lowest BCUT2D eigenvalue weighted by Crippen LogP contribution is -2.30. The van der Waals surface area contributed by atoms with Gasteiger partial charge < -0.3 is 34.0 Å². The summed E-state index contributed by atoms with van der Waals surface area (Å²) in [6.45, 7) is 3.99. The van der Waals surface area contributed by atoms with Crippen molar-refractivity contribution in [2.75, 3.05) is 26.4 Å². The summed E-state index contributed by atoms with van der Waals surface area (Å²) in [5.74, 6) is -0.286. The van der Waals surface area contributed by atoms with E-state index < -0.39 is 66.2 Å². The summed E-state index contributed by atoms with van der Waals surface area (Å²) in [6, 6.07) is 0. The van der Waals surface area contributed by atoms with E-state index in [1.165, 1.54) is 70.6 Å². The molecule has 6 atom stereocenters. The predicted molar refractivity (Wildman–Crippen MR) is 229 cm³/mol. The third-order valence-electron chi connectivity index (χ3n) is 9.96. The lowest BCUT2D eigenvalue weighted by atomic mass is 9.99. The zero-order valence-electron chi connectivity index (χ0n) is 36.2. The molecule has 0 aromatic rings. The van der Waals surface area contributed by atoms with Gasteiger partial charge in [-0.15, -0.1) is 0 Å². The topological polar surface area (TPSA) is 208 Å². The summed E-state index contributed by atoms with van der Waals surface area (Å²) >= 11 is 0. The lowest BCUT2D eigenvalue weighted by Gasteiger charge is -2.20. The molecule has 0 aromatic carbocycles. The minimum absolute atomic E-state index is 0.115. The number of aliphatic hydroxyl groups is 1. The van der Waals surface area contributed by atoms with Crippen LogP contribution in [0.1, 0.15) is 168 Å². The Morgan fingerprint density at radius 1 is 0.644 bits per heavy atom. The third kappa shape index (κ3) is 35.6. The van der Waals surface area contributed by atoms with Crippen molar-refractivity contribution >= 4 is 27.6 Å². The smallest absolute Gasteiger partial charge is 0.462 e. The molecule has 4 N–H and O–H groups in total. The Bertz CT molecular complexity index is 1270. The Morgan fingerprint density at radius 2 is 1.19 bits per heavy atom. The number of phosphoric acid groups is 2. The van der Waals surface area contributed by atoms with Crippen molar-refractivity contribution in [3.8, 4) is 0 Å². The summed E-state index contributed by atoms with van der Waals surface area (Å²) in [6.07, 6.45) is 33.2. The molecule has 59 heavy (non-hydrogen) atoms. The van der Waals surface area contributed by atoms with Crippen molar-refractivity contribution in [2.24, 2.45) is 5.92 Å². The van der Waals surface area contributed by atoms with E-state index in [1.54, 1.807) is 0 Å². The van der Waals surface area contributed by atoms with Crippen LogP contribution in [0.5, 0.6) is 0 Å². The maximum atomic E-state index is 12.7. The van der Waals surface area contributed by atoms with Gasteiger partial charge in [-0.3, -0.25) is 23.2 Å².